The normalized spacial score (nSPS) is 11.4. The molecule has 2 aromatic carbocycles. The van der Waals surface area contributed by atoms with Gasteiger partial charge in [0, 0.05) is 25.0 Å². The lowest BCUT2D eigenvalue weighted by Crippen LogP contribution is -2.24. The second kappa shape index (κ2) is 7.02. The van der Waals surface area contributed by atoms with Crippen molar-refractivity contribution in [3.63, 3.8) is 0 Å². The molecule has 0 fully saturated rings. The van der Waals surface area contributed by atoms with Crippen LogP contribution in [-0.4, -0.2) is 22.9 Å². The van der Waals surface area contributed by atoms with E-state index in [1.807, 2.05) is 0 Å². The molecule has 8 nitrogen and oxygen atoms in total. The molecule has 134 valence electrons. The Morgan fingerprint density at radius 1 is 1.23 bits per heavy atom. The summed E-state index contributed by atoms with van der Waals surface area (Å²) >= 11 is 0. The second-order valence-electron chi connectivity index (χ2n) is 5.31. The van der Waals surface area contributed by atoms with Gasteiger partial charge in [0.1, 0.15) is 5.82 Å². The van der Waals surface area contributed by atoms with Crippen LogP contribution in [0.25, 0.3) is 5.69 Å². The molecule has 3 aromatic rings. The van der Waals surface area contributed by atoms with Crippen LogP contribution in [0.1, 0.15) is 5.56 Å². The van der Waals surface area contributed by atoms with E-state index >= 15 is 0 Å². The predicted molar refractivity (Wildman–Crippen MR) is 90.6 cm³/mol. The minimum atomic E-state index is -4.13. The van der Waals surface area contributed by atoms with Gasteiger partial charge in [-0.15, -0.1) is 0 Å². The average Bonchev–Trinajstić information content (AvgIpc) is 3.14. The van der Waals surface area contributed by atoms with E-state index < -0.39 is 31.3 Å². The maximum absolute atomic E-state index is 14.2. The molecule has 1 aromatic heterocycles. The molecule has 0 radical (unpaired) electrons. The van der Waals surface area contributed by atoms with Crippen LogP contribution in [0.4, 0.5) is 10.1 Å². The van der Waals surface area contributed by atoms with Crippen molar-refractivity contribution in [2.75, 3.05) is 0 Å². The Labute approximate surface area is 148 Å². The van der Waals surface area contributed by atoms with E-state index in [0.717, 1.165) is 12.1 Å². The number of nitrogens with one attached hydrogen (secondary N) is 1. The number of nitro benzene ring substituents is 1. The molecule has 1 N–H and O–H groups in total. The first-order valence-corrected chi connectivity index (χ1v) is 8.86. The Hall–Kier alpha value is -3.11. The monoisotopic (exact) mass is 376 g/mol. The second-order valence-corrected chi connectivity index (χ2v) is 7.04. The Kier molecular flexibility index (Phi) is 4.78. The molecule has 26 heavy (non-hydrogen) atoms. The Bertz CT molecular complexity index is 1050. The van der Waals surface area contributed by atoms with Crippen molar-refractivity contribution in [1.82, 2.24) is 14.3 Å². The lowest BCUT2D eigenvalue weighted by atomic mass is 10.2. The molecule has 1 heterocycles. The summed E-state index contributed by atoms with van der Waals surface area (Å²) in [4.78, 5) is 13.6. The van der Waals surface area contributed by atoms with Gasteiger partial charge in [-0.1, -0.05) is 18.2 Å². The summed E-state index contributed by atoms with van der Waals surface area (Å²) in [7, 11) is -4.13. The van der Waals surface area contributed by atoms with Gasteiger partial charge in [0.15, 0.2) is 4.90 Å². The van der Waals surface area contributed by atoms with E-state index in [0.29, 0.717) is 5.56 Å². The SMILES string of the molecule is O=[N+]([O-])c1ccccc1S(=O)(=O)NCc1ccc(-n2ccnc2)c(F)c1. The van der Waals surface area contributed by atoms with E-state index in [9.17, 15) is 22.9 Å². The zero-order valence-electron chi connectivity index (χ0n) is 13.2. The average molecular weight is 376 g/mol. The van der Waals surface area contributed by atoms with Crippen LogP contribution in [0.5, 0.6) is 0 Å². The van der Waals surface area contributed by atoms with Crippen LogP contribution >= 0.6 is 0 Å². The van der Waals surface area contributed by atoms with Crippen LogP contribution < -0.4 is 4.72 Å². The lowest BCUT2D eigenvalue weighted by molar-refractivity contribution is -0.387. The van der Waals surface area contributed by atoms with Crippen molar-refractivity contribution in [2.45, 2.75) is 11.4 Å². The van der Waals surface area contributed by atoms with E-state index in [-0.39, 0.29) is 12.2 Å². The third kappa shape index (κ3) is 3.60. The number of sulfonamides is 1. The van der Waals surface area contributed by atoms with Crippen LogP contribution in [0.3, 0.4) is 0 Å². The van der Waals surface area contributed by atoms with Gasteiger partial charge in [0.25, 0.3) is 5.69 Å². The molecule has 3 rings (SSSR count). The van der Waals surface area contributed by atoms with E-state index in [4.69, 9.17) is 0 Å². The smallest absolute Gasteiger partial charge is 0.289 e. The van der Waals surface area contributed by atoms with E-state index in [1.54, 1.807) is 12.3 Å². The Balaban J connectivity index is 1.81. The first kappa shape index (κ1) is 17.7. The maximum Gasteiger partial charge on any atom is 0.289 e. The highest BCUT2D eigenvalue weighted by Gasteiger charge is 2.24. The van der Waals surface area contributed by atoms with Crippen molar-refractivity contribution in [2.24, 2.45) is 0 Å². The number of nitro groups is 1. The van der Waals surface area contributed by atoms with Crippen LogP contribution in [0.15, 0.2) is 66.1 Å². The van der Waals surface area contributed by atoms with E-state index in [1.165, 1.54) is 41.4 Å². The Morgan fingerprint density at radius 2 is 2.00 bits per heavy atom. The summed E-state index contributed by atoms with van der Waals surface area (Å²) in [6.07, 6.45) is 4.53. The molecule has 0 aliphatic heterocycles. The summed E-state index contributed by atoms with van der Waals surface area (Å²) in [6, 6.07) is 9.25. The molecule has 0 amide bonds. The predicted octanol–water partition coefficient (Wildman–Crippen LogP) is 2.40. The number of para-hydroxylation sites is 1. The zero-order chi connectivity index (χ0) is 18.7. The van der Waals surface area contributed by atoms with Crippen molar-refractivity contribution in [3.8, 4) is 5.69 Å². The quantitative estimate of drug-likeness (QED) is 0.525. The molecule has 0 saturated carbocycles. The summed E-state index contributed by atoms with van der Waals surface area (Å²) in [5.74, 6) is -0.551. The summed E-state index contributed by atoms with van der Waals surface area (Å²) in [5.41, 5.74) is 0.114. The maximum atomic E-state index is 14.2. The van der Waals surface area contributed by atoms with Gasteiger partial charge in [-0.05, 0) is 23.8 Å². The minimum absolute atomic E-state index is 0.213. The minimum Gasteiger partial charge on any atom is -0.303 e. The highest BCUT2D eigenvalue weighted by Crippen LogP contribution is 2.23. The summed E-state index contributed by atoms with van der Waals surface area (Å²) in [5, 5.41) is 11.0. The summed E-state index contributed by atoms with van der Waals surface area (Å²) < 4.78 is 42.6. The lowest BCUT2D eigenvalue weighted by Gasteiger charge is -2.09. The summed E-state index contributed by atoms with van der Waals surface area (Å²) in [6.45, 7) is -0.213. The molecule has 0 saturated heterocycles. The first-order chi connectivity index (χ1) is 12.4. The third-order valence-corrected chi connectivity index (χ3v) is 5.06. The molecule has 0 unspecified atom stereocenters. The first-order valence-electron chi connectivity index (χ1n) is 7.38. The van der Waals surface area contributed by atoms with Gasteiger partial charge < -0.3 is 4.57 Å². The number of aromatic nitrogens is 2. The van der Waals surface area contributed by atoms with Crippen molar-refractivity contribution in [3.05, 3.63) is 82.7 Å². The fourth-order valence-electron chi connectivity index (χ4n) is 2.36. The van der Waals surface area contributed by atoms with Crippen molar-refractivity contribution in [1.29, 1.82) is 0 Å². The number of nitrogens with zero attached hydrogens (tertiary/aromatic N) is 3. The standard InChI is InChI=1S/C16H13FN4O4S/c17-13-9-12(5-6-14(13)20-8-7-18-11-20)10-19-26(24,25)16-4-2-1-3-15(16)21(22)23/h1-9,11,19H,10H2. The topological polar surface area (TPSA) is 107 Å². The van der Waals surface area contributed by atoms with Gasteiger partial charge in [0.05, 0.1) is 16.9 Å². The van der Waals surface area contributed by atoms with Gasteiger partial charge in [-0.2, -0.15) is 0 Å². The third-order valence-electron chi connectivity index (χ3n) is 3.61. The van der Waals surface area contributed by atoms with Gasteiger partial charge in [-0.3, -0.25) is 10.1 Å². The fraction of sp³-hybridized carbons (Fsp3) is 0.0625. The van der Waals surface area contributed by atoms with Gasteiger partial charge in [0.2, 0.25) is 10.0 Å². The highest BCUT2D eigenvalue weighted by molar-refractivity contribution is 7.89. The number of hydrogen-bond donors (Lipinski definition) is 1. The largest absolute Gasteiger partial charge is 0.303 e. The van der Waals surface area contributed by atoms with Crippen molar-refractivity contribution < 1.29 is 17.7 Å². The van der Waals surface area contributed by atoms with E-state index in [2.05, 4.69) is 9.71 Å². The number of benzene rings is 2. The highest BCUT2D eigenvalue weighted by atomic mass is 32.2. The van der Waals surface area contributed by atoms with Crippen LogP contribution in [0, 0.1) is 15.9 Å². The zero-order valence-corrected chi connectivity index (χ0v) is 14.1. The number of imidazole rings is 1. The molecule has 0 aliphatic carbocycles. The molecule has 0 atom stereocenters. The molecule has 10 heteroatoms. The number of halogens is 1. The molecule has 0 bridgehead atoms. The number of rotatable bonds is 6. The number of hydrogen-bond acceptors (Lipinski definition) is 5. The fourth-order valence-corrected chi connectivity index (χ4v) is 3.55. The van der Waals surface area contributed by atoms with Gasteiger partial charge in [-0.25, -0.2) is 22.5 Å². The van der Waals surface area contributed by atoms with Gasteiger partial charge >= 0.3 is 0 Å². The molecule has 0 aliphatic rings. The molecular weight excluding hydrogens is 363 g/mol. The molecule has 0 spiro atoms. The molecular formula is C16H13FN4O4S. The van der Waals surface area contributed by atoms with Crippen LogP contribution in [-0.2, 0) is 16.6 Å². The van der Waals surface area contributed by atoms with Crippen LogP contribution in [0.2, 0.25) is 0 Å². The van der Waals surface area contributed by atoms with Crippen molar-refractivity contribution >= 4 is 15.7 Å². The Morgan fingerprint density at radius 3 is 2.65 bits per heavy atom.